The van der Waals surface area contributed by atoms with Gasteiger partial charge >= 0.3 is 0 Å². The van der Waals surface area contributed by atoms with Crippen molar-refractivity contribution in [2.24, 2.45) is 0 Å². The van der Waals surface area contributed by atoms with E-state index in [1.54, 1.807) is 10.4 Å². The number of amides is 1. The number of pyridine rings is 1. The van der Waals surface area contributed by atoms with Crippen LogP contribution in [0.15, 0.2) is 23.0 Å². The molecule has 3 aromatic rings. The summed E-state index contributed by atoms with van der Waals surface area (Å²) in [5.41, 5.74) is 5.50. The summed E-state index contributed by atoms with van der Waals surface area (Å²) in [5.74, 6) is 0.740. The molecule has 6 heteroatoms. The molecule has 0 aromatic carbocycles. The van der Waals surface area contributed by atoms with Gasteiger partial charge in [-0.3, -0.25) is 9.69 Å². The lowest BCUT2D eigenvalue weighted by Crippen LogP contribution is -2.40. The second-order valence-electron chi connectivity index (χ2n) is 5.30. The van der Waals surface area contributed by atoms with Crippen LogP contribution in [0.2, 0.25) is 0 Å². The van der Waals surface area contributed by atoms with Crippen LogP contribution in [0.25, 0.3) is 11.0 Å². The molecular weight excluding hydrogens is 284 g/mol. The number of carbonyl (C=O) groups is 1. The highest BCUT2D eigenvalue weighted by molar-refractivity contribution is 7.07. The Morgan fingerprint density at radius 2 is 2.10 bits per heavy atom. The minimum Gasteiger partial charge on any atom is -0.319 e. The van der Waals surface area contributed by atoms with Crippen molar-refractivity contribution in [2.45, 2.75) is 20.4 Å². The highest BCUT2D eigenvalue weighted by atomic mass is 32.1. The van der Waals surface area contributed by atoms with E-state index in [9.17, 15) is 4.79 Å². The van der Waals surface area contributed by atoms with E-state index in [2.05, 4.69) is 23.0 Å². The van der Waals surface area contributed by atoms with Gasteiger partial charge in [0.1, 0.15) is 17.2 Å². The number of carbonyl (C=O) groups excluding carboxylic acids is 1. The molecule has 0 unspecified atom stereocenters. The second kappa shape index (κ2) is 4.39. The van der Waals surface area contributed by atoms with Gasteiger partial charge in [0.25, 0.3) is 5.91 Å². The molecule has 0 spiro atoms. The second-order valence-corrected chi connectivity index (χ2v) is 6.02. The number of aromatic nitrogens is 3. The average Bonchev–Trinajstić information content (AvgIpc) is 3.07. The maximum absolute atomic E-state index is 12.7. The summed E-state index contributed by atoms with van der Waals surface area (Å²) in [6, 6.07) is 4.01. The lowest BCUT2D eigenvalue weighted by atomic mass is 10.2. The molecule has 0 aliphatic carbocycles. The van der Waals surface area contributed by atoms with Crippen molar-refractivity contribution < 1.29 is 4.79 Å². The van der Waals surface area contributed by atoms with E-state index in [1.807, 2.05) is 22.9 Å². The zero-order valence-electron chi connectivity index (χ0n) is 11.8. The third-order valence-electron chi connectivity index (χ3n) is 3.91. The van der Waals surface area contributed by atoms with Gasteiger partial charge in [-0.2, -0.15) is 0 Å². The van der Waals surface area contributed by atoms with Gasteiger partial charge in [0, 0.05) is 29.5 Å². The molecular formula is C15H14N4OS. The van der Waals surface area contributed by atoms with Crippen molar-refractivity contribution in [3.05, 3.63) is 40.0 Å². The Balaban J connectivity index is 1.89. The molecule has 0 atom stereocenters. The highest BCUT2D eigenvalue weighted by Crippen LogP contribution is 2.28. The van der Waals surface area contributed by atoms with Crippen molar-refractivity contribution in [2.75, 3.05) is 11.4 Å². The Labute approximate surface area is 125 Å². The van der Waals surface area contributed by atoms with Crippen LogP contribution in [0.3, 0.4) is 0 Å². The fraction of sp³-hybridized carbons (Fsp3) is 0.267. The summed E-state index contributed by atoms with van der Waals surface area (Å²) in [6.07, 6.45) is 0. The van der Waals surface area contributed by atoms with Crippen molar-refractivity contribution in [3.63, 3.8) is 0 Å². The first-order valence-corrected chi connectivity index (χ1v) is 7.77. The molecule has 21 heavy (non-hydrogen) atoms. The average molecular weight is 298 g/mol. The van der Waals surface area contributed by atoms with E-state index in [1.165, 1.54) is 11.3 Å². The van der Waals surface area contributed by atoms with Gasteiger partial charge in [0.15, 0.2) is 0 Å². The Morgan fingerprint density at radius 1 is 1.24 bits per heavy atom. The van der Waals surface area contributed by atoms with E-state index >= 15 is 0 Å². The number of aryl methyl sites for hydroxylation is 2. The zero-order valence-corrected chi connectivity index (χ0v) is 12.6. The van der Waals surface area contributed by atoms with E-state index in [0.29, 0.717) is 12.2 Å². The molecule has 0 radical (unpaired) electrons. The Hall–Kier alpha value is -2.21. The third kappa shape index (κ3) is 1.79. The molecule has 1 amide bonds. The number of rotatable bonds is 1. The molecule has 0 saturated heterocycles. The third-order valence-corrected chi connectivity index (χ3v) is 4.48. The summed E-state index contributed by atoms with van der Waals surface area (Å²) in [6.45, 7) is 5.43. The minimum atomic E-state index is 0.00204. The fourth-order valence-corrected chi connectivity index (χ4v) is 3.48. The summed E-state index contributed by atoms with van der Waals surface area (Å²) >= 11 is 1.50. The van der Waals surface area contributed by atoms with E-state index in [-0.39, 0.29) is 5.91 Å². The van der Waals surface area contributed by atoms with Crippen molar-refractivity contribution in [1.82, 2.24) is 14.5 Å². The van der Waals surface area contributed by atoms with Crippen molar-refractivity contribution in [1.29, 1.82) is 0 Å². The molecule has 106 valence electrons. The van der Waals surface area contributed by atoms with Gasteiger partial charge in [0.05, 0.1) is 5.51 Å². The molecule has 0 fully saturated rings. The molecule has 4 rings (SSSR count). The first-order chi connectivity index (χ1) is 10.1. The van der Waals surface area contributed by atoms with Crippen LogP contribution in [0, 0.1) is 13.8 Å². The van der Waals surface area contributed by atoms with Gasteiger partial charge in [-0.1, -0.05) is 0 Å². The number of nitrogens with zero attached hydrogens (tertiary/aromatic N) is 4. The van der Waals surface area contributed by atoms with Crippen LogP contribution in [0.5, 0.6) is 0 Å². The zero-order chi connectivity index (χ0) is 14.6. The van der Waals surface area contributed by atoms with Crippen LogP contribution < -0.4 is 4.90 Å². The van der Waals surface area contributed by atoms with Gasteiger partial charge in [0.2, 0.25) is 0 Å². The normalized spacial score (nSPS) is 14.8. The monoisotopic (exact) mass is 298 g/mol. The lowest BCUT2D eigenvalue weighted by molar-refractivity contribution is 0.0965. The fourth-order valence-electron chi connectivity index (χ4n) is 2.94. The van der Waals surface area contributed by atoms with Crippen LogP contribution >= 0.6 is 11.3 Å². The summed E-state index contributed by atoms with van der Waals surface area (Å²) in [4.78, 5) is 23.3. The molecule has 1 aliphatic heterocycles. The molecule has 0 N–H and O–H groups in total. The smallest absolute Gasteiger partial charge is 0.276 e. The number of hydrogen-bond acceptors (Lipinski definition) is 4. The first kappa shape index (κ1) is 12.5. The summed E-state index contributed by atoms with van der Waals surface area (Å²) in [5, 5.41) is 2.97. The van der Waals surface area contributed by atoms with Gasteiger partial charge in [-0.15, -0.1) is 11.3 Å². The van der Waals surface area contributed by atoms with E-state index in [0.717, 1.165) is 34.7 Å². The van der Waals surface area contributed by atoms with E-state index < -0.39 is 0 Å². The largest absolute Gasteiger partial charge is 0.319 e. The maximum atomic E-state index is 12.7. The van der Waals surface area contributed by atoms with Crippen LogP contribution in [-0.4, -0.2) is 27.0 Å². The van der Waals surface area contributed by atoms with Crippen molar-refractivity contribution >= 4 is 34.1 Å². The number of hydrogen-bond donors (Lipinski definition) is 0. The van der Waals surface area contributed by atoms with Crippen molar-refractivity contribution in [3.8, 4) is 0 Å². The lowest BCUT2D eigenvalue weighted by Gasteiger charge is -2.26. The van der Waals surface area contributed by atoms with Gasteiger partial charge < -0.3 is 4.57 Å². The summed E-state index contributed by atoms with van der Waals surface area (Å²) in [7, 11) is 0. The van der Waals surface area contributed by atoms with Gasteiger partial charge in [-0.25, -0.2) is 9.97 Å². The van der Waals surface area contributed by atoms with Gasteiger partial charge in [-0.05, 0) is 31.5 Å². The topological polar surface area (TPSA) is 51.0 Å². The molecule has 5 nitrogen and oxygen atoms in total. The number of thiazole rings is 1. The Kier molecular flexibility index (Phi) is 2.62. The number of anilines is 1. The van der Waals surface area contributed by atoms with Crippen LogP contribution in [0.4, 0.5) is 5.82 Å². The first-order valence-electron chi connectivity index (χ1n) is 6.82. The Morgan fingerprint density at radius 3 is 2.86 bits per heavy atom. The Bertz CT molecular complexity index is 850. The van der Waals surface area contributed by atoms with E-state index in [4.69, 9.17) is 0 Å². The highest BCUT2D eigenvalue weighted by Gasteiger charge is 2.29. The SMILES string of the molecule is Cc1cc(C)c2cc3n(c2n1)CCN(c1cscn1)C3=O. The predicted molar refractivity (Wildman–Crippen MR) is 83.0 cm³/mol. The maximum Gasteiger partial charge on any atom is 0.276 e. The van der Waals surface area contributed by atoms with Crippen LogP contribution in [-0.2, 0) is 6.54 Å². The molecule has 1 aliphatic rings. The molecule has 4 heterocycles. The quantitative estimate of drug-likeness (QED) is 0.694. The predicted octanol–water partition coefficient (Wildman–Crippen LogP) is 2.77. The minimum absolute atomic E-state index is 0.00204. The molecule has 3 aromatic heterocycles. The number of fused-ring (bicyclic) bond motifs is 3. The standard InChI is InChI=1S/C15H14N4OS/c1-9-5-10(2)17-14-11(9)6-12-15(20)19(4-3-18(12)14)13-7-21-8-16-13/h5-8H,3-4H2,1-2H3. The molecule has 0 bridgehead atoms. The van der Waals surface area contributed by atoms with Crippen LogP contribution in [0.1, 0.15) is 21.7 Å². The summed E-state index contributed by atoms with van der Waals surface area (Å²) < 4.78 is 2.03. The molecule has 0 saturated carbocycles.